The van der Waals surface area contributed by atoms with Crippen LogP contribution in [-0.2, 0) is 4.79 Å². The van der Waals surface area contributed by atoms with E-state index < -0.39 is 5.24 Å². The summed E-state index contributed by atoms with van der Waals surface area (Å²) in [6.45, 7) is 2.71. The first-order chi connectivity index (χ1) is 12.6. The molecule has 2 rings (SSSR count). The summed E-state index contributed by atoms with van der Waals surface area (Å²) < 4.78 is 5.52. The Morgan fingerprint density at radius 3 is 2.46 bits per heavy atom. The molecule has 6 nitrogen and oxygen atoms in total. The third kappa shape index (κ3) is 7.00. The number of rotatable bonds is 7. The van der Waals surface area contributed by atoms with Crippen LogP contribution in [0.1, 0.15) is 11.1 Å². The Labute approximate surface area is 156 Å². The highest BCUT2D eigenvalue weighted by molar-refractivity contribution is 8.13. The third-order valence-electron chi connectivity index (χ3n) is 3.30. The van der Waals surface area contributed by atoms with Crippen molar-refractivity contribution >= 4 is 29.0 Å². The summed E-state index contributed by atoms with van der Waals surface area (Å²) in [5.41, 5.74) is 3.69. The van der Waals surface area contributed by atoms with Crippen LogP contribution >= 0.6 is 11.8 Å². The highest BCUT2D eigenvalue weighted by Crippen LogP contribution is 2.21. The number of nitrogens with one attached hydrogen (secondary N) is 2. The van der Waals surface area contributed by atoms with Crippen molar-refractivity contribution in [2.24, 2.45) is 0 Å². The van der Waals surface area contributed by atoms with Gasteiger partial charge in [0.05, 0.1) is 6.54 Å². The van der Waals surface area contributed by atoms with Crippen LogP contribution in [0.15, 0.2) is 59.5 Å². The summed E-state index contributed by atoms with van der Waals surface area (Å²) >= 11 is 0.869. The highest BCUT2D eigenvalue weighted by Gasteiger charge is 2.03. The molecule has 0 heterocycles. The van der Waals surface area contributed by atoms with Crippen molar-refractivity contribution in [1.29, 1.82) is 0 Å². The van der Waals surface area contributed by atoms with Gasteiger partial charge in [0.1, 0.15) is 12.4 Å². The van der Waals surface area contributed by atoms with E-state index in [4.69, 9.17) is 9.94 Å². The Bertz CT molecular complexity index is 758. The Hall–Kier alpha value is -2.77. The fourth-order valence-electron chi connectivity index (χ4n) is 1.99. The molecule has 0 aromatic heterocycles. The Kier molecular flexibility index (Phi) is 7.73. The topological polar surface area (TPSA) is 87.7 Å². The fourth-order valence-corrected chi connectivity index (χ4v) is 2.52. The van der Waals surface area contributed by atoms with Gasteiger partial charge in [0.15, 0.2) is 0 Å². The molecular formula is C19H20N2O4S. The molecule has 0 aliphatic rings. The molecule has 0 spiro atoms. The lowest BCUT2D eigenvalue weighted by atomic mass is 10.1. The minimum atomic E-state index is -0.555. The molecule has 26 heavy (non-hydrogen) atoms. The number of hydrogen-bond donors (Lipinski definition) is 3. The van der Waals surface area contributed by atoms with Crippen molar-refractivity contribution in [2.45, 2.75) is 11.8 Å². The van der Waals surface area contributed by atoms with Crippen LogP contribution < -0.4 is 15.5 Å². The average molecular weight is 372 g/mol. The van der Waals surface area contributed by atoms with Crippen LogP contribution in [0.5, 0.6) is 5.75 Å². The van der Waals surface area contributed by atoms with Gasteiger partial charge >= 0.3 is 5.24 Å². The van der Waals surface area contributed by atoms with Crippen molar-refractivity contribution in [3.8, 4) is 5.75 Å². The number of hydroxylamine groups is 1. The van der Waals surface area contributed by atoms with Gasteiger partial charge in [-0.1, -0.05) is 29.8 Å². The molecule has 3 N–H and O–H groups in total. The maximum atomic E-state index is 11.8. The van der Waals surface area contributed by atoms with Gasteiger partial charge in [-0.25, -0.2) is 5.48 Å². The van der Waals surface area contributed by atoms with Crippen molar-refractivity contribution in [1.82, 2.24) is 10.8 Å². The average Bonchev–Trinajstić information content (AvgIpc) is 2.66. The molecule has 0 fully saturated rings. The maximum Gasteiger partial charge on any atom is 0.307 e. The molecule has 0 aliphatic heterocycles. The predicted octanol–water partition coefficient (Wildman–Crippen LogP) is 3.39. The predicted molar refractivity (Wildman–Crippen MR) is 101 cm³/mol. The maximum absolute atomic E-state index is 11.8. The van der Waals surface area contributed by atoms with Crippen molar-refractivity contribution in [3.63, 3.8) is 0 Å². The monoisotopic (exact) mass is 372 g/mol. The highest BCUT2D eigenvalue weighted by atomic mass is 32.2. The number of carbonyl (C=O) groups excluding carboxylic acids is 2. The first kappa shape index (κ1) is 19.6. The van der Waals surface area contributed by atoms with E-state index in [0.717, 1.165) is 17.3 Å². The first-order valence-electron chi connectivity index (χ1n) is 7.94. The summed E-state index contributed by atoms with van der Waals surface area (Å²) in [6.07, 6.45) is 3.25. The van der Waals surface area contributed by atoms with Gasteiger partial charge in [-0.05, 0) is 54.6 Å². The molecule has 2 aromatic carbocycles. The van der Waals surface area contributed by atoms with Gasteiger partial charge < -0.3 is 10.1 Å². The van der Waals surface area contributed by atoms with Gasteiger partial charge in [-0.3, -0.25) is 14.8 Å². The van der Waals surface area contributed by atoms with E-state index in [1.54, 1.807) is 35.8 Å². The Morgan fingerprint density at radius 2 is 1.81 bits per heavy atom. The SMILES string of the molecule is Cc1ccc(/C=C/C(=O)NCCOc2ccc(SC(=O)NO)cc2)cc1. The standard InChI is InChI=1S/C19H20N2O4S/c1-14-2-4-15(5-3-14)6-11-18(22)20-12-13-25-16-7-9-17(10-8-16)26-19(23)21-24/h2-11,24H,12-13H2,1H3,(H,20,22)(H,21,23)/b11-6+. The lowest BCUT2D eigenvalue weighted by molar-refractivity contribution is -0.116. The zero-order valence-corrected chi connectivity index (χ0v) is 15.1. The first-order valence-corrected chi connectivity index (χ1v) is 8.76. The van der Waals surface area contributed by atoms with Gasteiger partial charge in [-0.2, -0.15) is 0 Å². The van der Waals surface area contributed by atoms with E-state index in [2.05, 4.69) is 5.32 Å². The fraction of sp³-hybridized carbons (Fsp3) is 0.158. The Morgan fingerprint density at radius 1 is 1.12 bits per heavy atom. The normalized spacial score (nSPS) is 10.5. The number of thioether (sulfide) groups is 1. The van der Waals surface area contributed by atoms with E-state index >= 15 is 0 Å². The molecule has 0 atom stereocenters. The second kappa shape index (κ2) is 10.3. The summed E-state index contributed by atoms with van der Waals surface area (Å²) in [5.74, 6) is 0.444. The third-order valence-corrected chi connectivity index (χ3v) is 4.08. The number of hydrogen-bond acceptors (Lipinski definition) is 5. The summed E-state index contributed by atoms with van der Waals surface area (Å²) in [6, 6.07) is 14.7. The van der Waals surface area contributed by atoms with Gasteiger partial charge in [0.2, 0.25) is 5.91 Å². The molecule has 2 aromatic rings. The number of amides is 2. The van der Waals surface area contributed by atoms with E-state index in [1.165, 1.54) is 11.6 Å². The van der Waals surface area contributed by atoms with Crippen LogP contribution in [0.4, 0.5) is 4.79 Å². The van der Waals surface area contributed by atoms with Crippen LogP contribution in [0.2, 0.25) is 0 Å². The quantitative estimate of drug-likeness (QED) is 0.228. The number of benzene rings is 2. The van der Waals surface area contributed by atoms with E-state index in [1.807, 2.05) is 31.2 Å². The van der Waals surface area contributed by atoms with Gasteiger partial charge in [-0.15, -0.1) is 0 Å². The molecular weight excluding hydrogens is 352 g/mol. The molecule has 0 bridgehead atoms. The minimum Gasteiger partial charge on any atom is -0.492 e. The molecule has 0 aliphatic carbocycles. The van der Waals surface area contributed by atoms with Crippen molar-refractivity contribution < 1.29 is 19.5 Å². The molecule has 0 saturated carbocycles. The summed E-state index contributed by atoms with van der Waals surface area (Å²) in [7, 11) is 0. The molecule has 0 saturated heterocycles. The molecule has 0 unspecified atom stereocenters. The van der Waals surface area contributed by atoms with Crippen molar-refractivity contribution in [2.75, 3.05) is 13.2 Å². The summed E-state index contributed by atoms with van der Waals surface area (Å²) in [4.78, 5) is 23.5. The zero-order valence-electron chi connectivity index (χ0n) is 14.3. The molecule has 7 heteroatoms. The smallest absolute Gasteiger partial charge is 0.307 e. The summed E-state index contributed by atoms with van der Waals surface area (Å²) in [5, 5.41) is 10.7. The molecule has 2 amide bonds. The van der Waals surface area contributed by atoms with Crippen molar-refractivity contribution in [3.05, 3.63) is 65.7 Å². The molecule has 0 radical (unpaired) electrons. The van der Waals surface area contributed by atoms with E-state index in [9.17, 15) is 9.59 Å². The zero-order chi connectivity index (χ0) is 18.8. The van der Waals surface area contributed by atoms with Crippen LogP contribution in [-0.4, -0.2) is 29.5 Å². The second-order valence-corrected chi connectivity index (χ2v) is 6.40. The second-order valence-electron chi connectivity index (χ2n) is 5.36. The number of aryl methyl sites for hydroxylation is 1. The lowest BCUT2D eigenvalue weighted by Gasteiger charge is -2.07. The van der Waals surface area contributed by atoms with Gasteiger partial charge in [0, 0.05) is 11.0 Å². The molecule has 136 valence electrons. The number of carbonyl (C=O) groups is 2. The van der Waals surface area contributed by atoms with E-state index in [0.29, 0.717) is 23.8 Å². The van der Waals surface area contributed by atoms with Gasteiger partial charge in [0.25, 0.3) is 0 Å². The lowest BCUT2D eigenvalue weighted by Crippen LogP contribution is -2.26. The van der Waals surface area contributed by atoms with Crippen LogP contribution in [0.25, 0.3) is 6.08 Å². The van der Waals surface area contributed by atoms with Crippen LogP contribution in [0, 0.1) is 6.92 Å². The number of ether oxygens (including phenoxy) is 1. The Balaban J connectivity index is 1.68. The largest absolute Gasteiger partial charge is 0.492 e. The van der Waals surface area contributed by atoms with Crippen LogP contribution in [0.3, 0.4) is 0 Å². The minimum absolute atomic E-state index is 0.184. The van der Waals surface area contributed by atoms with E-state index in [-0.39, 0.29) is 5.91 Å².